The van der Waals surface area contributed by atoms with Gasteiger partial charge in [0, 0.05) is 31.6 Å². The molecule has 1 aliphatic rings. The molecule has 3 atom stereocenters. The molecule has 8 nitrogen and oxygen atoms in total. The molecule has 2 aromatic heterocycles. The molecule has 0 radical (unpaired) electrons. The molecule has 168 valence electrons. The van der Waals surface area contributed by atoms with Gasteiger partial charge in [-0.1, -0.05) is 41.6 Å². The molecule has 0 saturated carbocycles. The SMILES string of the molecule is O=C(Cc1cccnc1)N[C@H]1CC[C@@H](CCn2cc(Cc3ccccc3)nn2)O[C@H]1CO. The van der Waals surface area contributed by atoms with Crippen LogP contribution in [-0.4, -0.2) is 55.8 Å². The van der Waals surface area contributed by atoms with Crippen LogP contribution < -0.4 is 5.32 Å². The van der Waals surface area contributed by atoms with E-state index in [-0.39, 0.29) is 31.1 Å². The van der Waals surface area contributed by atoms with Crippen LogP contribution in [0.5, 0.6) is 0 Å². The molecular formula is C24H29N5O3. The van der Waals surface area contributed by atoms with Crippen molar-refractivity contribution in [2.24, 2.45) is 0 Å². The van der Waals surface area contributed by atoms with E-state index in [1.54, 1.807) is 12.4 Å². The molecular weight excluding hydrogens is 406 g/mol. The van der Waals surface area contributed by atoms with Gasteiger partial charge in [-0.2, -0.15) is 0 Å². The second-order valence-electron chi connectivity index (χ2n) is 8.19. The molecule has 2 N–H and O–H groups in total. The van der Waals surface area contributed by atoms with Gasteiger partial charge in [-0.25, -0.2) is 0 Å². The van der Waals surface area contributed by atoms with Gasteiger partial charge in [-0.05, 0) is 36.5 Å². The number of benzene rings is 1. The Balaban J connectivity index is 1.23. The van der Waals surface area contributed by atoms with Gasteiger partial charge in [-0.3, -0.25) is 14.5 Å². The lowest BCUT2D eigenvalue weighted by atomic mass is 9.97. The minimum Gasteiger partial charge on any atom is -0.394 e. The fourth-order valence-electron chi connectivity index (χ4n) is 4.07. The van der Waals surface area contributed by atoms with Crippen LogP contribution in [-0.2, 0) is 28.9 Å². The van der Waals surface area contributed by atoms with Gasteiger partial charge in [0.05, 0.1) is 30.9 Å². The van der Waals surface area contributed by atoms with Crippen LogP contribution in [0.1, 0.15) is 36.1 Å². The predicted molar refractivity (Wildman–Crippen MR) is 119 cm³/mol. The summed E-state index contributed by atoms with van der Waals surface area (Å²) in [4.78, 5) is 16.4. The smallest absolute Gasteiger partial charge is 0.224 e. The first-order valence-corrected chi connectivity index (χ1v) is 11.1. The average molecular weight is 436 g/mol. The predicted octanol–water partition coefficient (Wildman–Crippen LogP) is 1.92. The summed E-state index contributed by atoms with van der Waals surface area (Å²) in [5, 5.41) is 21.3. The Morgan fingerprint density at radius 1 is 1.16 bits per heavy atom. The number of aromatic nitrogens is 4. The van der Waals surface area contributed by atoms with Crippen LogP contribution in [0, 0.1) is 0 Å². The summed E-state index contributed by atoms with van der Waals surface area (Å²) in [6, 6.07) is 13.7. The van der Waals surface area contributed by atoms with Gasteiger partial charge in [0.15, 0.2) is 0 Å². The zero-order valence-electron chi connectivity index (χ0n) is 18.0. The Bertz CT molecular complexity index is 980. The van der Waals surface area contributed by atoms with Gasteiger partial charge in [0.1, 0.15) is 6.10 Å². The standard InChI is InChI=1S/C24H29N5O3/c30-17-23-22(26-24(31)14-19-7-4-11-25-15-19)9-8-21(32-23)10-12-29-16-20(27-28-29)13-18-5-2-1-3-6-18/h1-7,11,15-16,21-23,30H,8-10,12-14,17H2,(H,26,31)/t21-,22-,23-/m0/s1. The third kappa shape index (κ3) is 6.21. The third-order valence-corrected chi connectivity index (χ3v) is 5.72. The highest BCUT2D eigenvalue weighted by Crippen LogP contribution is 2.22. The second kappa shape index (κ2) is 11.0. The molecule has 1 saturated heterocycles. The fourth-order valence-corrected chi connectivity index (χ4v) is 4.07. The maximum atomic E-state index is 12.4. The molecule has 3 heterocycles. The monoisotopic (exact) mass is 435 g/mol. The van der Waals surface area contributed by atoms with Crippen LogP contribution in [0.3, 0.4) is 0 Å². The molecule has 32 heavy (non-hydrogen) atoms. The summed E-state index contributed by atoms with van der Waals surface area (Å²) in [7, 11) is 0. The third-order valence-electron chi connectivity index (χ3n) is 5.72. The number of carbonyl (C=O) groups is 1. The van der Waals surface area contributed by atoms with Crippen LogP contribution >= 0.6 is 0 Å². The minimum absolute atomic E-state index is 0.0143. The van der Waals surface area contributed by atoms with Gasteiger partial charge in [0.2, 0.25) is 5.91 Å². The number of aryl methyl sites for hydroxylation is 1. The minimum atomic E-state index is -0.406. The van der Waals surface area contributed by atoms with E-state index in [0.29, 0.717) is 6.54 Å². The normalized spacial score (nSPS) is 20.7. The first-order chi connectivity index (χ1) is 15.7. The summed E-state index contributed by atoms with van der Waals surface area (Å²) < 4.78 is 7.93. The van der Waals surface area contributed by atoms with E-state index in [4.69, 9.17) is 4.74 Å². The Morgan fingerprint density at radius 3 is 2.78 bits per heavy atom. The molecule has 1 amide bonds. The number of carbonyl (C=O) groups excluding carboxylic acids is 1. The van der Waals surface area contributed by atoms with E-state index >= 15 is 0 Å². The van der Waals surface area contributed by atoms with Crippen molar-refractivity contribution in [2.75, 3.05) is 6.61 Å². The van der Waals surface area contributed by atoms with Crippen LogP contribution in [0.15, 0.2) is 61.1 Å². The van der Waals surface area contributed by atoms with E-state index in [1.165, 1.54) is 5.56 Å². The lowest BCUT2D eigenvalue weighted by Gasteiger charge is -2.36. The number of nitrogens with zero attached hydrogens (tertiary/aromatic N) is 4. The van der Waals surface area contributed by atoms with Crippen molar-refractivity contribution in [3.8, 4) is 0 Å². The Labute approximate surface area is 187 Å². The number of amides is 1. The first kappa shape index (κ1) is 22.1. The van der Waals surface area contributed by atoms with Crippen molar-refractivity contribution < 1.29 is 14.6 Å². The summed E-state index contributed by atoms with van der Waals surface area (Å²) in [6.07, 6.45) is 8.34. The molecule has 3 aromatic rings. The Kier molecular flexibility index (Phi) is 7.58. The molecule has 4 rings (SSSR count). The lowest BCUT2D eigenvalue weighted by Crippen LogP contribution is -2.51. The van der Waals surface area contributed by atoms with E-state index < -0.39 is 6.10 Å². The van der Waals surface area contributed by atoms with Crippen molar-refractivity contribution in [3.05, 3.63) is 77.9 Å². The number of nitrogens with one attached hydrogen (secondary N) is 1. The van der Waals surface area contributed by atoms with E-state index in [1.807, 2.05) is 41.2 Å². The molecule has 0 unspecified atom stereocenters. The van der Waals surface area contributed by atoms with Gasteiger partial charge in [-0.15, -0.1) is 5.10 Å². The zero-order chi connectivity index (χ0) is 22.2. The van der Waals surface area contributed by atoms with Gasteiger partial charge >= 0.3 is 0 Å². The molecule has 1 aromatic carbocycles. The highest BCUT2D eigenvalue weighted by molar-refractivity contribution is 5.78. The van der Waals surface area contributed by atoms with Crippen molar-refractivity contribution >= 4 is 5.91 Å². The Morgan fingerprint density at radius 2 is 2.00 bits per heavy atom. The van der Waals surface area contributed by atoms with Gasteiger partial charge < -0.3 is 15.2 Å². The topological polar surface area (TPSA) is 102 Å². The fraction of sp³-hybridized carbons (Fsp3) is 0.417. The number of pyridine rings is 1. The highest BCUT2D eigenvalue weighted by Gasteiger charge is 2.31. The van der Waals surface area contributed by atoms with Crippen LogP contribution in [0.2, 0.25) is 0 Å². The molecule has 0 bridgehead atoms. The van der Waals surface area contributed by atoms with E-state index in [9.17, 15) is 9.90 Å². The Hall–Kier alpha value is -3.10. The maximum Gasteiger partial charge on any atom is 0.224 e. The van der Waals surface area contributed by atoms with Crippen molar-refractivity contribution in [1.82, 2.24) is 25.3 Å². The van der Waals surface area contributed by atoms with Gasteiger partial charge in [0.25, 0.3) is 0 Å². The maximum absolute atomic E-state index is 12.4. The summed E-state index contributed by atoms with van der Waals surface area (Å²) >= 11 is 0. The van der Waals surface area contributed by atoms with Crippen molar-refractivity contribution in [3.63, 3.8) is 0 Å². The number of ether oxygens (including phenoxy) is 1. The number of hydrogen-bond donors (Lipinski definition) is 2. The molecule has 1 fully saturated rings. The number of aliphatic hydroxyl groups excluding tert-OH is 1. The first-order valence-electron chi connectivity index (χ1n) is 11.1. The quantitative estimate of drug-likeness (QED) is 0.532. The zero-order valence-corrected chi connectivity index (χ0v) is 18.0. The largest absolute Gasteiger partial charge is 0.394 e. The molecule has 1 aliphatic heterocycles. The van der Waals surface area contributed by atoms with E-state index in [2.05, 4.69) is 32.7 Å². The molecule has 8 heteroatoms. The summed E-state index contributed by atoms with van der Waals surface area (Å²) in [5.74, 6) is -0.0861. The average Bonchev–Trinajstić information content (AvgIpc) is 3.27. The van der Waals surface area contributed by atoms with Crippen molar-refractivity contribution in [2.45, 2.75) is 56.9 Å². The highest BCUT2D eigenvalue weighted by atomic mass is 16.5. The van der Waals surface area contributed by atoms with Crippen LogP contribution in [0.25, 0.3) is 0 Å². The van der Waals surface area contributed by atoms with Crippen molar-refractivity contribution in [1.29, 1.82) is 0 Å². The number of hydrogen-bond acceptors (Lipinski definition) is 6. The van der Waals surface area contributed by atoms with Crippen LogP contribution in [0.4, 0.5) is 0 Å². The molecule has 0 spiro atoms. The lowest BCUT2D eigenvalue weighted by molar-refractivity contribution is -0.128. The second-order valence-corrected chi connectivity index (χ2v) is 8.19. The summed E-state index contributed by atoms with van der Waals surface area (Å²) in [6.45, 7) is 0.571. The summed E-state index contributed by atoms with van der Waals surface area (Å²) in [5.41, 5.74) is 3.00. The number of rotatable bonds is 9. The molecule has 0 aliphatic carbocycles. The van der Waals surface area contributed by atoms with E-state index in [0.717, 1.165) is 36.9 Å². The number of aliphatic hydroxyl groups is 1.